The molecule has 3 nitrogen and oxygen atoms in total. The largest absolute Gasteiger partial charge is 0.497 e. The quantitative estimate of drug-likeness (QED) is 0.784. The van der Waals surface area contributed by atoms with Gasteiger partial charge in [0.1, 0.15) is 5.75 Å². The molecule has 0 radical (unpaired) electrons. The van der Waals surface area contributed by atoms with E-state index in [4.69, 9.17) is 16.3 Å². The number of hydrogen-bond acceptors (Lipinski definition) is 3. The molecule has 0 saturated carbocycles. The Balaban J connectivity index is 2.12. The lowest BCUT2D eigenvalue weighted by atomic mass is 10.1. The average molecular weight is 290 g/mol. The van der Waals surface area contributed by atoms with Gasteiger partial charge in [-0.3, -0.25) is 4.79 Å². The Hall–Kier alpha value is -2.00. The van der Waals surface area contributed by atoms with E-state index in [1.54, 1.807) is 19.2 Å². The Morgan fingerprint density at radius 3 is 2.45 bits per heavy atom. The van der Waals surface area contributed by atoms with Crippen LogP contribution in [-0.4, -0.2) is 20.4 Å². The van der Waals surface area contributed by atoms with Crippen LogP contribution in [0.1, 0.15) is 15.9 Å². The second-order valence-electron chi connectivity index (χ2n) is 4.53. The Morgan fingerprint density at radius 1 is 1.20 bits per heavy atom. The maximum atomic E-state index is 10.7. The van der Waals surface area contributed by atoms with Crippen LogP contribution >= 0.6 is 11.6 Å². The molecule has 0 aliphatic rings. The van der Waals surface area contributed by atoms with Gasteiger partial charge in [0.15, 0.2) is 6.29 Å². The van der Waals surface area contributed by atoms with Crippen molar-refractivity contribution in [3.05, 3.63) is 58.6 Å². The van der Waals surface area contributed by atoms with E-state index >= 15 is 0 Å². The van der Waals surface area contributed by atoms with Crippen LogP contribution in [0.2, 0.25) is 5.02 Å². The van der Waals surface area contributed by atoms with Crippen molar-refractivity contribution in [1.82, 2.24) is 0 Å². The Bertz CT molecular complexity index is 596. The predicted molar refractivity (Wildman–Crippen MR) is 81.9 cm³/mol. The van der Waals surface area contributed by atoms with Crippen molar-refractivity contribution in [1.29, 1.82) is 0 Å². The monoisotopic (exact) mass is 289 g/mol. The topological polar surface area (TPSA) is 29.5 Å². The highest BCUT2D eigenvalue weighted by atomic mass is 35.5. The number of benzene rings is 2. The van der Waals surface area contributed by atoms with Gasteiger partial charge in [0.2, 0.25) is 0 Å². The van der Waals surface area contributed by atoms with Gasteiger partial charge in [0.25, 0.3) is 0 Å². The van der Waals surface area contributed by atoms with Crippen LogP contribution in [0.15, 0.2) is 42.5 Å². The first-order valence-corrected chi connectivity index (χ1v) is 6.60. The molecule has 20 heavy (non-hydrogen) atoms. The molecule has 2 rings (SSSR count). The van der Waals surface area contributed by atoms with Crippen molar-refractivity contribution in [3.8, 4) is 5.75 Å². The van der Waals surface area contributed by atoms with Gasteiger partial charge >= 0.3 is 0 Å². The van der Waals surface area contributed by atoms with E-state index < -0.39 is 0 Å². The highest BCUT2D eigenvalue weighted by Gasteiger charge is 2.06. The molecule has 0 spiro atoms. The number of rotatable bonds is 5. The summed E-state index contributed by atoms with van der Waals surface area (Å²) in [5, 5.41) is 0.471. The van der Waals surface area contributed by atoms with Gasteiger partial charge < -0.3 is 9.64 Å². The summed E-state index contributed by atoms with van der Waals surface area (Å²) in [6.45, 7) is 0.751. The number of nitrogens with zero attached hydrogens (tertiary/aromatic N) is 1. The summed E-state index contributed by atoms with van der Waals surface area (Å²) in [6.07, 6.45) is 0.760. The molecule has 0 fully saturated rings. The number of ether oxygens (including phenoxy) is 1. The lowest BCUT2D eigenvalue weighted by molar-refractivity contribution is 0.112. The zero-order chi connectivity index (χ0) is 14.5. The minimum absolute atomic E-state index is 0.471. The molecule has 0 aliphatic carbocycles. The smallest absolute Gasteiger partial charge is 0.151 e. The van der Waals surface area contributed by atoms with Crippen LogP contribution in [0.5, 0.6) is 5.75 Å². The van der Waals surface area contributed by atoms with Gasteiger partial charge in [0.05, 0.1) is 12.1 Å². The molecule has 4 heteroatoms. The second-order valence-corrected chi connectivity index (χ2v) is 4.94. The Morgan fingerprint density at radius 2 is 1.90 bits per heavy atom. The van der Waals surface area contributed by atoms with E-state index in [0.717, 1.165) is 24.3 Å². The van der Waals surface area contributed by atoms with Gasteiger partial charge in [-0.05, 0) is 35.9 Å². The molecule has 2 aromatic rings. The average Bonchev–Trinajstić information content (AvgIpc) is 2.48. The van der Waals surface area contributed by atoms with Gasteiger partial charge in [-0.1, -0.05) is 23.7 Å². The van der Waals surface area contributed by atoms with Crippen molar-refractivity contribution < 1.29 is 9.53 Å². The van der Waals surface area contributed by atoms with Crippen LogP contribution in [0.4, 0.5) is 5.69 Å². The fourth-order valence-electron chi connectivity index (χ4n) is 1.95. The first kappa shape index (κ1) is 14.4. The number of methoxy groups -OCH3 is 1. The molecular weight excluding hydrogens is 274 g/mol. The molecule has 0 unspecified atom stereocenters. The predicted octanol–water partition coefficient (Wildman–Crippen LogP) is 3.80. The first-order chi connectivity index (χ1) is 9.63. The minimum Gasteiger partial charge on any atom is -0.497 e. The highest BCUT2D eigenvalue weighted by molar-refractivity contribution is 6.33. The summed E-state index contributed by atoms with van der Waals surface area (Å²) in [5.41, 5.74) is 2.65. The van der Waals surface area contributed by atoms with Crippen LogP contribution in [-0.2, 0) is 6.54 Å². The summed E-state index contributed by atoms with van der Waals surface area (Å²) in [7, 11) is 3.63. The normalized spacial score (nSPS) is 10.2. The van der Waals surface area contributed by atoms with E-state index in [1.165, 1.54) is 5.56 Å². The standard InChI is InChI=1S/C16H16ClNO2/c1-18(10-12-3-7-15(20-2)8-4-12)14-6-5-13(11-19)16(17)9-14/h3-9,11H,10H2,1-2H3. The van der Waals surface area contributed by atoms with Crippen LogP contribution in [0, 0.1) is 0 Å². The summed E-state index contributed by atoms with van der Waals surface area (Å²) in [5.74, 6) is 0.842. The van der Waals surface area contributed by atoms with Crippen LogP contribution in [0.3, 0.4) is 0 Å². The number of halogens is 1. The van der Waals surface area contributed by atoms with Crippen LogP contribution < -0.4 is 9.64 Å². The number of aldehydes is 1. The van der Waals surface area contributed by atoms with Gasteiger partial charge in [-0.2, -0.15) is 0 Å². The van der Waals surface area contributed by atoms with E-state index in [1.807, 2.05) is 37.4 Å². The molecule has 0 heterocycles. The van der Waals surface area contributed by atoms with E-state index in [-0.39, 0.29) is 0 Å². The molecule has 0 N–H and O–H groups in total. The highest BCUT2D eigenvalue weighted by Crippen LogP contribution is 2.23. The van der Waals surface area contributed by atoms with Crippen LogP contribution in [0.25, 0.3) is 0 Å². The van der Waals surface area contributed by atoms with Crippen molar-refractivity contribution in [3.63, 3.8) is 0 Å². The van der Waals surface area contributed by atoms with Gasteiger partial charge in [-0.15, -0.1) is 0 Å². The van der Waals surface area contributed by atoms with Crippen molar-refractivity contribution >= 4 is 23.6 Å². The Labute approximate surface area is 123 Å². The summed E-state index contributed by atoms with van der Waals surface area (Å²) in [6, 6.07) is 13.3. The van der Waals surface area contributed by atoms with Crippen molar-refractivity contribution in [2.75, 3.05) is 19.1 Å². The molecule has 0 atom stereocenters. The third-order valence-corrected chi connectivity index (χ3v) is 3.46. The number of hydrogen-bond donors (Lipinski definition) is 0. The minimum atomic E-state index is 0.471. The number of anilines is 1. The zero-order valence-corrected chi connectivity index (χ0v) is 12.2. The van der Waals surface area contributed by atoms with E-state index in [2.05, 4.69) is 4.90 Å². The molecular formula is C16H16ClNO2. The van der Waals surface area contributed by atoms with Crippen molar-refractivity contribution in [2.45, 2.75) is 6.54 Å². The molecule has 0 saturated heterocycles. The van der Waals surface area contributed by atoms with Gasteiger partial charge in [0, 0.05) is 24.8 Å². The third-order valence-electron chi connectivity index (χ3n) is 3.13. The van der Waals surface area contributed by atoms with E-state index in [9.17, 15) is 4.79 Å². The second kappa shape index (κ2) is 6.44. The summed E-state index contributed by atoms with van der Waals surface area (Å²) in [4.78, 5) is 12.8. The lowest BCUT2D eigenvalue weighted by Gasteiger charge is -2.20. The molecule has 0 bridgehead atoms. The lowest BCUT2D eigenvalue weighted by Crippen LogP contribution is -2.16. The fraction of sp³-hybridized carbons (Fsp3) is 0.188. The SMILES string of the molecule is COc1ccc(CN(C)c2ccc(C=O)c(Cl)c2)cc1. The van der Waals surface area contributed by atoms with Gasteiger partial charge in [-0.25, -0.2) is 0 Å². The summed E-state index contributed by atoms with van der Waals surface area (Å²) >= 11 is 6.04. The number of carbonyl (C=O) groups excluding carboxylic acids is 1. The maximum absolute atomic E-state index is 10.7. The molecule has 104 valence electrons. The fourth-order valence-corrected chi connectivity index (χ4v) is 2.16. The van der Waals surface area contributed by atoms with Crippen molar-refractivity contribution in [2.24, 2.45) is 0 Å². The third kappa shape index (κ3) is 3.31. The summed E-state index contributed by atoms with van der Waals surface area (Å²) < 4.78 is 5.14. The van der Waals surface area contributed by atoms with E-state index in [0.29, 0.717) is 10.6 Å². The number of carbonyl (C=O) groups is 1. The zero-order valence-electron chi connectivity index (χ0n) is 11.5. The molecule has 0 aliphatic heterocycles. The first-order valence-electron chi connectivity index (χ1n) is 6.23. The molecule has 0 amide bonds. The molecule has 2 aromatic carbocycles. The molecule has 0 aromatic heterocycles. The maximum Gasteiger partial charge on any atom is 0.151 e. The Kier molecular flexibility index (Phi) is 4.64.